The van der Waals surface area contributed by atoms with E-state index in [4.69, 9.17) is 0 Å². The van der Waals surface area contributed by atoms with Gasteiger partial charge in [-0.2, -0.15) is 0 Å². The molecule has 1 aromatic rings. The van der Waals surface area contributed by atoms with Crippen molar-refractivity contribution in [1.29, 1.82) is 0 Å². The van der Waals surface area contributed by atoms with E-state index in [9.17, 15) is 9.59 Å². The minimum absolute atomic E-state index is 0.0407. The quantitative estimate of drug-likeness (QED) is 0.823. The van der Waals surface area contributed by atoms with Gasteiger partial charge in [-0.25, -0.2) is 4.79 Å². The van der Waals surface area contributed by atoms with Crippen LogP contribution in [0, 0.1) is 0 Å². The second kappa shape index (κ2) is 4.44. The Kier molecular flexibility index (Phi) is 2.78. The average Bonchev–Trinajstić information content (AvgIpc) is 2.75. The van der Waals surface area contributed by atoms with E-state index in [0.717, 1.165) is 25.7 Å². The van der Waals surface area contributed by atoms with Crippen molar-refractivity contribution in [3.63, 3.8) is 0 Å². The Labute approximate surface area is 106 Å². The van der Waals surface area contributed by atoms with E-state index in [-0.39, 0.29) is 24.0 Å². The van der Waals surface area contributed by atoms with Gasteiger partial charge in [0.15, 0.2) is 0 Å². The predicted molar refractivity (Wildman–Crippen MR) is 67.2 cm³/mol. The average molecular weight is 244 g/mol. The first-order valence-corrected chi connectivity index (χ1v) is 6.46. The summed E-state index contributed by atoms with van der Waals surface area (Å²) >= 11 is 0. The molecule has 94 valence electrons. The van der Waals surface area contributed by atoms with Crippen molar-refractivity contribution in [3.8, 4) is 0 Å². The van der Waals surface area contributed by atoms with Gasteiger partial charge in [-0.05, 0) is 25.0 Å². The first-order chi connectivity index (χ1) is 8.77. The van der Waals surface area contributed by atoms with Gasteiger partial charge in [0, 0.05) is 5.56 Å². The zero-order valence-electron chi connectivity index (χ0n) is 10.1. The standard InChI is InChI=1S/C14H16N2O2/c17-13(10-6-2-1-3-7-10)16-12-9-5-4-8-11(12)15-14(16)18/h1-3,6-7,11-12H,4-5,8-9H2,(H,15,18). The van der Waals surface area contributed by atoms with Crippen LogP contribution in [-0.2, 0) is 0 Å². The van der Waals surface area contributed by atoms with Crippen LogP contribution in [0.15, 0.2) is 30.3 Å². The molecule has 2 aliphatic rings. The fourth-order valence-electron chi connectivity index (χ4n) is 2.93. The third-order valence-corrected chi connectivity index (χ3v) is 3.83. The van der Waals surface area contributed by atoms with Crippen molar-refractivity contribution >= 4 is 11.9 Å². The smallest absolute Gasteiger partial charge is 0.324 e. The van der Waals surface area contributed by atoms with Crippen LogP contribution in [-0.4, -0.2) is 28.9 Å². The maximum absolute atomic E-state index is 12.4. The Bertz CT molecular complexity index is 472. The van der Waals surface area contributed by atoms with E-state index >= 15 is 0 Å². The Morgan fingerprint density at radius 1 is 1.17 bits per heavy atom. The summed E-state index contributed by atoms with van der Waals surface area (Å²) in [7, 11) is 0. The van der Waals surface area contributed by atoms with Crippen LogP contribution in [0.3, 0.4) is 0 Å². The maximum atomic E-state index is 12.4. The zero-order chi connectivity index (χ0) is 12.5. The fraction of sp³-hybridized carbons (Fsp3) is 0.429. The number of nitrogens with one attached hydrogen (secondary N) is 1. The summed E-state index contributed by atoms with van der Waals surface area (Å²) in [5, 5.41) is 2.92. The number of hydrogen-bond donors (Lipinski definition) is 1. The van der Waals surface area contributed by atoms with Crippen LogP contribution in [0.4, 0.5) is 4.79 Å². The van der Waals surface area contributed by atoms with E-state index in [1.54, 1.807) is 12.1 Å². The molecular formula is C14H16N2O2. The van der Waals surface area contributed by atoms with Gasteiger partial charge in [-0.1, -0.05) is 31.0 Å². The molecule has 1 aromatic carbocycles. The molecule has 4 heteroatoms. The van der Waals surface area contributed by atoms with Crippen molar-refractivity contribution in [2.24, 2.45) is 0 Å². The molecule has 0 aromatic heterocycles. The number of benzene rings is 1. The van der Waals surface area contributed by atoms with Gasteiger partial charge >= 0.3 is 6.03 Å². The molecular weight excluding hydrogens is 228 g/mol. The van der Waals surface area contributed by atoms with Crippen LogP contribution in [0.2, 0.25) is 0 Å². The van der Waals surface area contributed by atoms with Crippen molar-refractivity contribution in [1.82, 2.24) is 10.2 Å². The number of rotatable bonds is 1. The molecule has 2 atom stereocenters. The Balaban J connectivity index is 1.87. The molecule has 1 aliphatic heterocycles. The van der Waals surface area contributed by atoms with Crippen LogP contribution in [0.5, 0.6) is 0 Å². The highest BCUT2D eigenvalue weighted by Gasteiger charge is 2.43. The zero-order valence-corrected chi connectivity index (χ0v) is 10.1. The molecule has 1 aliphatic carbocycles. The second-order valence-corrected chi connectivity index (χ2v) is 4.95. The molecule has 4 nitrogen and oxygen atoms in total. The van der Waals surface area contributed by atoms with E-state index < -0.39 is 0 Å². The largest absolute Gasteiger partial charge is 0.333 e. The van der Waals surface area contributed by atoms with Gasteiger partial charge < -0.3 is 5.32 Å². The van der Waals surface area contributed by atoms with Gasteiger partial charge in [0.1, 0.15) is 0 Å². The second-order valence-electron chi connectivity index (χ2n) is 4.95. The molecule has 1 saturated heterocycles. The van der Waals surface area contributed by atoms with Crippen LogP contribution >= 0.6 is 0 Å². The third kappa shape index (κ3) is 1.78. The molecule has 2 fully saturated rings. The Morgan fingerprint density at radius 3 is 2.67 bits per heavy atom. The number of imide groups is 1. The first kappa shape index (κ1) is 11.3. The summed E-state index contributed by atoms with van der Waals surface area (Å²) in [5.41, 5.74) is 0.582. The van der Waals surface area contributed by atoms with Crippen molar-refractivity contribution in [2.75, 3.05) is 0 Å². The number of carbonyl (C=O) groups is 2. The van der Waals surface area contributed by atoms with Gasteiger partial charge in [-0.3, -0.25) is 9.69 Å². The number of fused-ring (bicyclic) bond motifs is 1. The van der Waals surface area contributed by atoms with E-state index in [1.807, 2.05) is 18.2 Å². The van der Waals surface area contributed by atoms with E-state index in [1.165, 1.54) is 4.90 Å². The monoisotopic (exact) mass is 244 g/mol. The fourth-order valence-corrected chi connectivity index (χ4v) is 2.93. The van der Waals surface area contributed by atoms with Gasteiger partial charge in [0.2, 0.25) is 0 Å². The van der Waals surface area contributed by atoms with Crippen LogP contribution in [0.25, 0.3) is 0 Å². The van der Waals surface area contributed by atoms with Gasteiger partial charge in [0.05, 0.1) is 12.1 Å². The third-order valence-electron chi connectivity index (χ3n) is 3.83. The molecule has 18 heavy (non-hydrogen) atoms. The first-order valence-electron chi connectivity index (χ1n) is 6.46. The number of carbonyl (C=O) groups excluding carboxylic acids is 2. The van der Waals surface area contributed by atoms with Crippen molar-refractivity contribution in [3.05, 3.63) is 35.9 Å². The Morgan fingerprint density at radius 2 is 1.89 bits per heavy atom. The predicted octanol–water partition coefficient (Wildman–Crippen LogP) is 2.16. The highest BCUT2D eigenvalue weighted by Crippen LogP contribution is 2.29. The number of amides is 3. The summed E-state index contributed by atoms with van der Waals surface area (Å²) < 4.78 is 0. The molecule has 1 saturated carbocycles. The molecule has 3 amide bonds. The highest BCUT2D eigenvalue weighted by atomic mass is 16.2. The molecule has 2 unspecified atom stereocenters. The summed E-state index contributed by atoms with van der Waals surface area (Å²) in [6, 6.07) is 8.97. The lowest BCUT2D eigenvalue weighted by molar-refractivity contribution is 0.0757. The van der Waals surface area contributed by atoms with Crippen molar-refractivity contribution < 1.29 is 9.59 Å². The summed E-state index contributed by atoms with van der Waals surface area (Å²) in [6.45, 7) is 0. The molecule has 0 radical (unpaired) electrons. The minimum Gasteiger partial charge on any atom is -0.333 e. The lowest BCUT2D eigenvalue weighted by Gasteiger charge is -2.28. The van der Waals surface area contributed by atoms with Crippen molar-refractivity contribution in [2.45, 2.75) is 37.8 Å². The molecule has 3 rings (SSSR count). The minimum atomic E-state index is -0.235. The SMILES string of the molecule is O=C1NC2CCCCC2N1C(=O)c1ccccc1. The van der Waals surface area contributed by atoms with Crippen LogP contribution in [0.1, 0.15) is 36.0 Å². The number of hydrogen-bond acceptors (Lipinski definition) is 2. The number of urea groups is 1. The highest BCUT2D eigenvalue weighted by molar-refractivity contribution is 6.05. The topological polar surface area (TPSA) is 49.4 Å². The van der Waals surface area contributed by atoms with E-state index in [0.29, 0.717) is 5.56 Å². The number of nitrogens with zero attached hydrogens (tertiary/aromatic N) is 1. The summed E-state index contributed by atoms with van der Waals surface area (Å²) in [5.74, 6) is -0.178. The summed E-state index contributed by atoms with van der Waals surface area (Å²) in [6.07, 6.45) is 4.13. The normalized spacial score (nSPS) is 26.7. The van der Waals surface area contributed by atoms with Gasteiger partial charge in [0.25, 0.3) is 5.91 Å². The lowest BCUT2D eigenvalue weighted by atomic mass is 9.91. The van der Waals surface area contributed by atoms with Crippen LogP contribution < -0.4 is 5.32 Å². The summed E-state index contributed by atoms with van der Waals surface area (Å²) in [4.78, 5) is 25.7. The van der Waals surface area contributed by atoms with Gasteiger partial charge in [-0.15, -0.1) is 0 Å². The Hall–Kier alpha value is -1.84. The lowest BCUT2D eigenvalue weighted by Crippen LogP contribution is -2.42. The molecule has 1 N–H and O–H groups in total. The van der Waals surface area contributed by atoms with E-state index in [2.05, 4.69) is 5.32 Å². The maximum Gasteiger partial charge on any atom is 0.324 e. The molecule has 0 spiro atoms. The molecule has 0 bridgehead atoms. The molecule has 1 heterocycles.